The number of ether oxygens (including phenoxy) is 1. The van der Waals surface area contributed by atoms with Gasteiger partial charge in [0.15, 0.2) is 0 Å². The first-order valence-electron chi connectivity index (χ1n) is 6.92. The minimum Gasteiger partial charge on any atom is -0.481 e. The molecule has 0 fully saturated rings. The summed E-state index contributed by atoms with van der Waals surface area (Å²) < 4.78 is 5.40. The lowest BCUT2D eigenvalue weighted by Crippen LogP contribution is -2.07. The number of methoxy groups -OCH3 is 1. The zero-order chi connectivity index (χ0) is 14.3. The molecule has 2 nitrogen and oxygen atoms in total. The van der Waals surface area contributed by atoms with E-state index in [4.69, 9.17) is 4.74 Å². The monoisotopic (exact) mass is 259 g/mol. The van der Waals surface area contributed by atoms with Gasteiger partial charge >= 0.3 is 0 Å². The SMILES string of the molecule is CC/C(C)=C/C=C(C)/N=C(\OC)C1=CC[C@H](C)C=C1. The molecule has 0 N–H and O–H groups in total. The van der Waals surface area contributed by atoms with Gasteiger partial charge in [-0.1, -0.05) is 43.7 Å². The van der Waals surface area contributed by atoms with Crippen LogP contribution < -0.4 is 0 Å². The van der Waals surface area contributed by atoms with Crippen molar-refractivity contribution in [2.75, 3.05) is 7.11 Å². The molecule has 19 heavy (non-hydrogen) atoms. The second-order valence-electron chi connectivity index (χ2n) is 5.03. The summed E-state index contributed by atoms with van der Waals surface area (Å²) in [5.74, 6) is 1.30. The number of nitrogens with zero attached hydrogens (tertiary/aromatic N) is 1. The van der Waals surface area contributed by atoms with E-state index in [-0.39, 0.29) is 0 Å². The van der Waals surface area contributed by atoms with Crippen LogP contribution in [0.25, 0.3) is 0 Å². The predicted molar refractivity (Wildman–Crippen MR) is 83.3 cm³/mol. The van der Waals surface area contributed by atoms with E-state index in [2.05, 4.69) is 50.1 Å². The number of allylic oxidation sites excluding steroid dienone is 6. The summed E-state index contributed by atoms with van der Waals surface area (Å²) >= 11 is 0. The zero-order valence-electron chi connectivity index (χ0n) is 12.7. The molecule has 1 aliphatic rings. The van der Waals surface area contributed by atoms with Crippen molar-refractivity contribution in [2.24, 2.45) is 10.9 Å². The van der Waals surface area contributed by atoms with Gasteiger partial charge in [0.05, 0.1) is 7.11 Å². The Morgan fingerprint density at radius 1 is 1.42 bits per heavy atom. The van der Waals surface area contributed by atoms with Gasteiger partial charge in [-0.15, -0.1) is 0 Å². The molecule has 1 atom stereocenters. The molecule has 0 aromatic heterocycles. The molecular weight excluding hydrogens is 234 g/mol. The van der Waals surface area contributed by atoms with Gasteiger partial charge in [-0.25, -0.2) is 4.99 Å². The van der Waals surface area contributed by atoms with Crippen molar-refractivity contribution in [2.45, 2.75) is 40.5 Å². The van der Waals surface area contributed by atoms with Gasteiger partial charge < -0.3 is 4.74 Å². The molecule has 0 aliphatic heterocycles. The van der Waals surface area contributed by atoms with Crippen molar-refractivity contribution < 1.29 is 4.74 Å². The molecule has 0 aromatic carbocycles. The van der Waals surface area contributed by atoms with Crippen LogP contribution in [0.15, 0.2) is 52.2 Å². The Balaban J connectivity index is 2.85. The fraction of sp³-hybridized carbons (Fsp3) is 0.471. The summed E-state index contributed by atoms with van der Waals surface area (Å²) in [6.07, 6.45) is 12.7. The Bertz CT molecular complexity index is 450. The first-order valence-corrected chi connectivity index (χ1v) is 6.92. The molecule has 0 spiro atoms. The predicted octanol–water partition coefficient (Wildman–Crippen LogP) is 4.81. The van der Waals surface area contributed by atoms with Crippen molar-refractivity contribution in [1.29, 1.82) is 0 Å². The summed E-state index contributed by atoms with van der Waals surface area (Å²) in [4.78, 5) is 4.54. The van der Waals surface area contributed by atoms with Crippen LogP contribution in [0.5, 0.6) is 0 Å². The Hall–Kier alpha value is -1.57. The van der Waals surface area contributed by atoms with Crippen LogP contribution in [0.4, 0.5) is 0 Å². The summed E-state index contributed by atoms with van der Waals surface area (Å²) in [5.41, 5.74) is 3.38. The third-order valence-corrected chi connectivity index (χ3v) is 3.20. The number of hydrogen-bond acceptors (Lipinski definition) is 2. The van der Waals surface area contributed by atoms with Gasteiger partial charge in [0.2, 0.25) is 5.90 Å². The lowest BCUT2D eigenvalue weighted by Gasteiger charge is -2.12. The fourth-order valence-electron chi connectivity index (χ4n) is 1.69. The van der Waals surface area contributed by atoms with Crippen LogP contribution in [0.2, 0.25) is 0 Å². The highest BCUT2D eigenvalue weighted by molar-refractivity contribution is 5.97. The van der Waals surface area contributed by atoms with Crippen LogP contribution in [-0.2, 0) is 4.74 Å². The number of hydrogen-bond donors (Lipinski definition) is 0. The molecular formula is C17H25NO. The fourth-order valence-corrected chi connectivity index (χ4v) is 1.69. The molecule has 0 aromatic rings. The first kappa shape index (κ1) is 15.5. The van der Waals surface area contributed by atoms with Crippen LogP contribution in [-0.4, -0.2) is 13.0 Å². The Labute approximate surface area is 117 Å². The largest absolute Gasteiger partial charge is 0.481 e. The number of aliphatic imine (C=N–C) groups is 1. The van der Waals surface area contributed by atoms with Crippen molar-refractivity contribution >= 4 is 5.90 Å². The Kier molecular flexibility index (Phi) is 6.34. The molecule has 0 amide bonds. The lowest BCUT2D eigenvalue weighted by molar-refractivity contribution is 0.403. The van der Waals surface area contributed by atoms with E-state index in [1.165, 1.54) is 5.57 Å². The molecule has 0 radical (unpaired) electrons. The molecule has 0 unspecified atom stereocenters. The maximum Gasteiger partial charge on any atom is 0.220 e. The standard InChI is InChI=1S/C17H25NO/c1-6-13(2)7-10-15(4)18-17(19-5)16-11-8-14(3)9-12-16/h7-8,10-12,14H,6,9H2,1-5H3/b13-7+,15-10+,18-17-/t14-/m1/s1. The third-order valence-electron chi connectivity index (χ3n) is 3.20. The van der Waals surface area contributed by atoms with E-state index < -0.39 is 0 Å². The second kappa shape index (κ2) is 7.78. The van der Waals surface area contributed by atoms with Crippen molar-refractivity contribution in [3.05, 3.63) is 47.2 Å². The van der Waals surface area contributed by atoms with Crippen molar-refractivity contribution in [1.82, 2.24) is 0 Å². The lowest BCUT2D eigenvalue weighted by atomic mass is 9.98. The van der Waals surface area contributed by atoms with Gasteiger partial charge in [0.25, 0.3) is 0 Å². The van der Waals surface area contributed by atoms with E-state index in [0.29, 0.717) is 11.8 Å². The van der Waals surface area contributed by atoms with E-state index in [1.807, 2.05) is 13.0 Å². The maximum absolute atomic E-state index is 5.40. The molecule has 2 heteroatoms. The van der Waals surface area contributed by atoms with Crippen LogP contribution in [0.3, 0.4) is 0 Å². The number of rotatable bonds is 4. The van der Waals surface area contributed by atoms with Crippen LogP contribution >= 0.6 is 0 Å². The van der Waals surface area contributed by atoms with Gasteiger partial charge in [0.1, 0.15) is 0 Å². The first-order chi connectivity index (χ1) is 9.06. The molecule has 0 saturated carbocycles. The van der Waals surface area contributed by atoms with Crippen molar-refractivity contribution in [3.8, 4) is 0 Å². The summed E-state index contributed by atoms with van der Waals surface area (Å²) in [6.45, 7) is 8.47. The third kappa shape index (κ3) is 5.29. The van der Waals surface area contributed by atoms with Crippen LogP contribution in [0, 0.1) is 5.92 Å². The normalized spacial score (nSPS) is 21.4. The van der Waals surface area contributed by atoms with E-state index in [0.717, 1.165) is 24.1 Å². The summed E-state index contributed by atoms with van der Waals surface area (Å²) in [5, 5.41) is 0. The van der Waals surface area contributed by atoms with E-state index in [1.54, 1.807) is 7.11 Å². The molecule has 1 rings (SSSR count). The van der Waals surface area contributed by atoms with E-state index in [9.17, 15) is 0 Å². The highest BCUT2D eigenvalue weighted by Crippen LogP contribution is 2.17. The Morgan fingerprint density at radius 2 is 2.16 bits per heavy atom. The summed E-state index contributed by atoms with van der Waals surface area (Å²) in [7, 11) is 1.67. The molecule has 0 saturated heterocycles. The second-order valence-corrected chi connectivity index (χ2v) is 5.03. The highest BCUT2D eigenvalue weighted by atomic mass is 16.5. The average Bonchev–Trinajstić information content (AvgIpc) is 2.43. The quantitative estimate of drug-likeness (QED) is 0.403. The minimum atomic E-state index is 0.605. The summed E-state index contributed by atoms with van der Waals surface area (Å²) in [6, 6.07) is 0. The smallest absolute Gasteiger partial charge is 0.220 e. The maximum atomic E-state index is 5.40. The molecule has 0 heterocycles. The molecule has 104 valence electrons. The average molecular weight is 259 g/mol. The Morgan fingerprint density at radius 3 is 2.68 bits per heavy atom. The van der Waals surface area contributed by atoms with Gasteiger partial charge in [0, 0.05) is 11.3 Å². The topological polar surface area (TPSA) is 21.6 Å². The van der Waals surface area contributed by atoms with Gasteiger partial charge in [-0.05, 0) is 38.7 Å². The van der Waals surface area contributed by atoms with Crippen molar-refractivity contribution in [3.63, 3.8) is 0 Å². The molecule has 1 aliphatic carbocycles. The van der Waals surface area contributed by atoms with E-state index >= 15 is 0 Å². The van der Waals surface area contributed by atoms with Gasteiger partial charge in [-0.2, -0.15) is 0 Å². The van der Waals surface area contributed by atoms with Gasteiger partial charge in [-0.3, -0.25) is 0 Å². The van der Waals surface area contributed by atoms with Crippen LogP contribution in [0.1, 0.15) is 40.5 Å². The molecule has 0 bridgehead atoms. The zero-order valence-corrected chi connectivity index (χ0v) is 12.7. The minimum absolute atomic E-state index is 0.605. The highest BCUT2D eigenvalue weighted by Gasteiger charge is 2.09.